The molecule has 8 heteroatoms. The molecule has 2 saturated heterocycles. The van der Waals surface area contributed by atoms with Gasteiger partial charge in [0, 0.05) is 52.4 Å². The molecule has 0 aromatic rings. The van der Waals surface area contributed by atoms with Gasteiger partial charge in [-0.25, -0.2) is 12.7 Å². The summed E-state index contributed by atoms with van der Waals surface area (Å²) in [6.45, 7) is 10.5. The Morgan fingerprint density at radius 3 is 2.30 bits per heavy atom. The maximum Gasteiger partial charge on any atom is 0.329 e. The maximum absolute atomic E-state index is 13.6. The van der Waals surface area contributed by atoms with Gasteiger partial charge >= 0.3 is 5.97 Å². The molecule has 0 spiro atoms. The first kappa shape index (κ1) is 25.6. The third-order valence-corrected chi connectivity index (χ3v) is 8.59. The zero-order valence-corrected chi connectivity index (χ0v) is 20.1. The predicted molar refractivity (Wildman–Crippen MR) is 117 cm³/mol. The van der Waals surface area contributed by atoms with E-state index in [1.807, 2.05) is 0 Å². The van der Waals surface area contributed by atoms with Crippen molar-refractivity contribution in [3.8, 4) is 0 Å². The maximum atomic E-state index is 13.6. The van der Waals surface area contributed by atoms with Crippen LogP contribution in [0.2, 0.25) is 0 Å². The molecule has 0 bridgehead atoms. The van der Waals surface area contributed by atoms with E-state index in [9.17, 15) is 13.2 Å². The quantitative estimate of drug-likeness (QED) is 0.376. The highest BCUT2D eigenvalue weighted by atomic mass is 32.2. The topological polar surface area (TPSA) is 82.1 Å². The van der Waals surface area contributed by atoms with Crippen molar-refractivity contribution >= 4 is 16.0 Å². The highest BCUT2D eigenvalue weighted by Crippen LogP contribution is 2.37. The fourth-order valence-electron chi connectivity index (χ4n) is 4.21. The highest BCUT2D eigenvalue weighted by molar-refractivity contribution is 7.91. The van der Waals surface area contributed by atoms with Crippen LogP contribution in [-0.4, -0.2) is 68.6 Å². The van der Waals surface area contributed by atoms with Gasteiger partial charge in [0.25, 0.3) is 0 Å². The molecule has 0 aromatic carbocycles. The SMILES string of the molecule is CCCOCCCCC1CCN(S(=O)(=O)C2(C(=O)OC(C)(C)C)CCOCC2)CC1. The molecule has 30 heavy (non-hydrogen) atoms. The Kier molecular flexibility index (Phi) is 9.58. The van der Waals surface area contributed by atoms with E-state index in [0.717, 1.165) is 51.7 Å². The predicted octanol–water partition coefficient (Wildman–Crippen LogP) is 3.52. The summed E-state index contributed by atoms with van der Waals surface area (Å²) in [5.41, 5.74) is -0.730. The Balaban J connectivity index is 1.95. The van der Waals surface area contributed by atoms with Crippen LogP contribution in [0.4, 0.5) is 0 Å². The number of sulfonamides is 1. The number of nitrogens with zero attached hydrogens (tertiary/aromatic N) is 1. The molecule has 0 amide bonds. The van der Waals surface area contributed by atoms with Crippen LogP contribution in [0.3, 0.4) is 0 Å². The van der Waals surface area contributed by atoms with E-state index >= 15 is 0 Å². The van der Waals surface area contributed by atoms with Crippen molar-refractivity contribution in [3.05, 3.63) is 0 Å². The normalized spacial score (nSPS) is 21.5. The number of carbonyl (C=O) groups is 1. The van der Waals surface area contributed by atoms with Gasteiger partial charge in [0.05, 0.1) is 0 Å². The summed E-state index contributed by atoms with van der Waals surface area (Å²) in [6.07, 6.45) is 6.31. The third-order valence-electron chi connectivity index (χ3n) is 5.98. The lowest BCUT2D eigenvalue weighted by molar-refractivity contribution is -0.161. The fourth-order valence-corrected chi connectivity index (χ4v) is 6.33. The lowest BCUT2D eigenvalue weighted by Gasteiger charge is -2.41. The standard InChI is InChI=1S/C22H41NO6S/c1-5-15-27-16-7-6-8-19-9-13-23(14-10-19)30(25,26)22(11-17-28-18-12-22)20(24)29-21(2,3)4/h19H,5-18H2,1-4H3. The molecule has 176 valence electrons. The molecular weight excluding hydrogens is 406 g/mol. The largest absolute Gasteiger partial charge is 0.459 e. The van der Waals surface area contributed by atoms with E-state index in [1.165, 1.54) is 4.31 Å². The summed E-state index contributed by atoms with van der Waals surface area (Å²) in [4.78, 5) is 13.0. The Bertz CT molecular complexity index is 629. The zero-order valence-electron chi connectivity index (χ0n) is 19.3. The molecule has 2 aliphatic heterocycles. The molecule has 0 radical (unpaired) electrons. The number of carbonyl (C=O) groups excluding carboxylic acids is 1. The minimum atomic E-state index is -3.82. The van der Waals surface area contributed by atoms with Crippen LogP contribution in [0.25, 0.3) is 0 Å². The fraction of sp³-hybridized carbons (Fsp3) is 0.955. The van der Waals surface area contributed by atoms with Gasteiger partial charge in [0.2, 0.25) is 10.0 Å². The van der Waals surface area contributed by atoms with Crippen molar-refractivity contribution < 1.29 is 27.4 Å². The van der Waals surface area contributed by atoms with E-state index in [1.54, 1.807) is 20.8 Å². The van der Waals surface area contributed by atoms with Gasteiger partial charge in [-0.15, -0.1) is 0 Å². The molecular formula is C22H41NO6S. The molecule has 2 rings (SSSR count). The zero-order chi connectivity index (χ0) is 22.3. The molecule has 0 unspecified atom stereocenters. The van der Waals surface area contributed by atoms with Crippen molar-refractivity contribution in [1.29, 1.82) is 0 Å². The van der Waals surface area contributed by atoms with Gasteiger partial charge in [-0.3, -0.25) is 4.79 Å². The van der Waals surface area contributed by atoms with Gasteiger partial charge in [-0.2, -0.15) is 0 Å². The van der Waals surface area contributed by atoms with Gasteiger partial charge in [-0.05, 0) is 52.4 Å². The van der Waals surface area contributed by atoms with E-state index in [4.69, 9.17) is 14.2 Å². The summed E-state index contributed by atoms with van der Waals surface area (Å²) in [5, 5.41) is 0. The number of hydrogen-bond acceptors (Lipinski definition) is 6. The molecule has 7 nitrogen and oxygen atoms in total. The average molecular weight is 448 g/mol. The van der Waals surface area contributed by atoms with Crippen molar-refractivity contribution in [2.45, 2.75) is 89.4 Å². The molecule has 0 N–H and O–H groups in total. The lowest BCUT2D eigenvalue weighted by atomic mass is 9.92. The molecule has 0 aromatic heterocycles. The van der Waals surface area contributed by atoms with E-state index < -0.39 is 26.3 Å². The van der Waals surface area contributed by atoms with Gasteiger partial charge in [0.15, 0.2) is 4.75 Å². The van der Waals surface area contributed by atoms with Crippen LogP contribution < -0.4 is 0 Å². The number of ether oxygens (including phenoxy) is 3. The minimum absolute atomic E-state index is 0.155. The molecule has 0 atom stereocenters. The Morgan fingerprint density at radius 1 is 1.10 bits per heavy atom. The van der Waals surface area contributed by atoms with Crippen LogP contribution in [-0.2, 0) is 29.0 Å². The highest BCUT2D eigenvalue weighted by Gasteiger charge is 2.56. The van der Waals surface area contributed by atoms with Crippen molar-refractivity contribution in [2.75, 3.05) is 39.5 Å². The van der Waals surface area contributed by atoms with Crippen LogP contribution in [0.1, 0.15) is 79.1 Å². The van der Waals surface area contributed by atoms with Crippen molar-refractivity contribution in [3.63, 3.8) is 0 Å². The second kappa shape index (κ2) is 11.2. The number of rotatable bonds is 10. The summed E-state index contributed by atoms with van der Waals surface area (Å²) in [7, 11) is -3.82. The number of unbranched alkanes of at least 4 members (excludes halogenated alkanes) is 1. The Morgan fingerprint density at radius 2 is 1.73 bits per heavy atom. The van der Waals surface area contributed by atoms with E-state index in [-0.39, 0.29) is 26.1 Å². The number of esters is 1. The molecule has 2 fully saturated rings. The van der Waals surface area contributed by atoms with Crippen LogP contribution in [0, 0.1) is 5.92 Å². The molecule has 2 aliphatic rings. The van der Waals surface area contributed by atoms with Gasteiger partial charge in [-0.1, -0.05) is 19.8 Å². The first-order chi connectivity index (χ1) is 14.1. The molecule has 0 aliphatic carbocycles. The second-order valence-electron chi connectivity index (χ2n) is 9.56. The average Bonchev–Trinajstić information content (AvgIpc) is 2.70. The summed E-state index contributed by atoms with van der Waals surface area (Å²) in [6, 6.07) is 0. The summed E-state index contributed by atoms with van der Waals surface area (Å²) < 4.78 is 43.7. The minimum Gasteiger partial charge on any atom is -0.459 e. The van der Waals surface area contributed by atoms with Gasteiger partial charge in [0.1, 0.15) is 5.60 Å². The monoisotopic (exact) mass is 447 g/mol. The van der Waals surface area contributed by atoms with Crippen molar-refractivity contribution in [1.82, 2.24) is 4.31 Å². The van der Waals surface area contributed by atoms with E-state index in [2.05, 4.69) is 6.92 Å². The summed E-state index contributed by atoms with van der Waals surface area (Å²) in [5.74, 6) is -0.0951. The molecule has 2 heterocycles. The Labute approximate surface area is 182 Å². The van der Waals surface area contributed by atoms with E-state index in [0.29, 0.717) is 19.0 Å². The summed E-state index contributed by atoms with van der Waals surface area (Å²) >= 11 is 0. The van der Waals surface area contributed by atoms with Crippen LogP contribution in [0.5, 0.6) is 0 Å². The number of hydrogen-bond donors (Lipinski definition) is 0. The second-order valence-corrected chi connectivity index (χ2v) is 11.8. The smallest absolute Gasteiger partial charge is 0.329 e. The van der Waals surface area contributed by atoms with Crippen molar-refractivity contribution in [2.24, 2.45) is 5.92 Å². The van der Waals surface area contributed by atoms with Gasteiger partial charge < -0.3 is 14.2 Å². The lowest BCUT2D eigenvalue weighted by Crippen LogP contribution is -2.59. The first-order valence-corrected chi connectivity index (χ1v) is 12.9. The number of piperidine rings is 1. The van der Waals surface area contributed by atoms with Crippen LogP contribution in [0.15, 0.2) is 0 Å². The van der Waals surface area contributed by atoms with Crippen LogP contribution >= 0.6 is 0 Å². The molecule has 0 saturated carbocycles. The third kappa shape index (κ3) is 6.65. The first-order valence-electron chi connectivity index (χ1n) is 11.5. The Hall–Kier alpha value is -0.700.